The summed E-state index contributed by atoms with van der Waals surface area (Å²) in [6, 6.07) is 7.21. The van der Waals surface area contributed by atoms with Crippen LogP contribution in [-0.4, -0.2) is 28.6 Å². The van der Waals surface area contributed by atoms with Crippen molar-refractivity contribution >= 4 is 11.0 Å². The lowest BCUT2D eigenvalue weighted by atomic mass is 9.97. The molecule has 2 fully saturated rings. The largest absolute Gasteiger partial charge is 0.458 e. The van der Waals surface area contributed by atoms with Crippen LogP contribution in [0.25, 0.3) is 11.0 Å². The minimum absolute atomic E-state index is 0.281. The van der Waals surface area contributed by atoms with Gasteiger partial charge >= 0.3 is 0 Å². The van der Waals surface area contributed by atoms with Gasteiger partial charge in [0, 0.05) is 24.0 Å². The molecule has 0 spiro atoms. The molecule has 106 valence electrons. The Balaban J connectivity index is 1.70. The summed E-state index contributed by atoms with van der Waals surface area (Å²) in [5, 5.41) is 11.6. The lowest BCUT2D eigenvalue weighted by molar-refractivity contribution is 0.0249. The van der Waals surface area contributed by atoms with Gasteiger partial charge in [-0.3, -0.25) is 4.90 Å². The number of nitrogens with zero attached hydrogens (tertiary/aromatic N) is 1. The molecule has 2 aliphatic rings. The van der Waals surface area contributed by atoms with E-state index in [1.54, 1.807) is 12.1 Å². The van der Waals surface area contributed by atoms with E-state index in [1.165, 1.54) is 25.0 Å². The summed E-state index contributed by atoms with van der Waals surface area (Å²) in [7, 11) is 0. The van der Waals surface area contributed by atoms with Crippen molar-refractivity contribution in [1.82, 2.24) is 4.90 Å². The predicted octanol–water partition coefficient (Wildman–Crippen LogP) is 3.02. The summed E-state index contributed by atoms with van der Waals surface area (Å²) in [6.45, 7) is 2.76. The predicted molar refractivity (Wildman–Crippen MR) is 73.9 cm³/mol. The molecule has 3 nitrogen and oxygen atoms in total. The summed E-state index contributed by atoms with van der Waals surface area (Å²) in [5.41, 5.74) is -0.315. The van der Waals surface area contributed by atoms with E-state index >= 15 is 0 Å². The molecule has 4 heteroatoms. The third-order valence-electron chi connectivity index (χ3n) is 4.60. The van der Waals surface area contributed by atoms with Gasteiger partial charge in [0.25, 0.3) is 0 Å². The maximum atomic E-state index is 13.2. The Kier molecular flexibility index (Phi) is 2.51. The second kappa shape index (κ2) is 4.06. The topological polar surface area (TPSA) is 36.6 Å². The summed E-state index contributed by atoms with van der Waals surface area (Å²) in [5.74, 6) is 0.282. The van der Waals surface area contributed by atoms with Crippen LogP contribution in [-0.2, 0) is 5.60 Å². The molecule has 1 aromatic heterocycles. The van der Waals surface area contributed by atoms with Crippen LogP contribution < -0.4 is 0 Å². The van der Waals surface area contributed by atoms with E-state index in [1.807, 2.05) is 0 Å². The maximum Gasteiger partial charge on any atom is 0.138 e. The number of furan rings is 1. The van der Waals surface area contributed by atoms with Crippen molar-refractivity contribution in [2.75, 3.05) is 6.54 Å². The molecule has 20 heavy (non-hydrogen) atoms. The van der Waals surface area contributed by atoms with Crippen molar-refractivity contribution in [1.29, 1.82) is 0 Å². The molecule has 0 bridgehead atoms. The number of hydrogen-bond acceptors (Lipinski definition) is 3. The highest BCUT2D eigenvalue weighted by molar-refractivity contribution is 5.78. The number of hydrogen-bond donors (Lipinski definition) is 1. The molecular formula is C16H18FNO2. The van der Waals surface area contributed by atoms with Gasteiger partial charge in [0.05, 0.1) is 0 Å². The van der Waals surface area contributed by atoms with Gasteiger partial charge < -0.3 is 9.52 Å². The van der Waals surface area contributed by atoms with E-state index in [-0.39, 0.29) is 5.82 Å². The summed E-state index contributed by atoms with van der Waals surface area (Å²) in [6.07, 6.45) is 3.13. The first-order valence-corrected chi connectivity index (χ1v) is 7.23. The van der Waals surface area contributed by atoms with Crippen LogP contribution in [0.1, 0.15) is 31.9 Å². The fourth-order valence-electron chi connectivity index (χ4n) is 3.45. The van der Waals surface area contributed by atoms with E-state index < -0.39 is 5.60 Å². The Morgan fingerprint density at radius 3 is 2.90 bits per heavy atom. The standard InChI is InChI=1S/C16H18FNO2/c1-10-8-16(19,9-18(10)13-3-4-13)15-7-11-6-12(17)2-5-14(11)20-15/h2,5-7,10,13,19H,3-4,8-9H2,1H3. The van der Waals surface area contributed by atoms with E-state index in [9.17, 15) is 9.50 Å². The van der Waals surface area contributed by atoms with Gasteiger partial charge in [-0.1, -0.05) is 0 Å². The summed E-state index contributed by atoms with van der Waals surface area (Å²) in [4.78, 5) is 2.37. The third-order valence-corrected chi connectivity index (χ3v) is 4.60. The first-order valence-electron chi connectivity index (χ1n) is 7.23. The molecule has 1 saturated heterocycles. The Labute approximate surface area is 117 Å². The number of β-amino-alcohol motifs (C(OH)–C–C–N with tert-alkyl or cyclic N) is 1. The number of benzene rings is 1. The van der Waals surface area contributed by atoms with E-state index in [0.717, 1.165) is 0 Å². The second-order valence-electron chi connectivity index (χ2n) is 6.28. The van der Waals surface area contributed by atoms with Crippen molar-refractivity contribution in [3.63, 3.8) is 0 Å². The lowest BCUT2D eigenvalue weighted by Gasteiger charge is -2.21. The molecule has 2 atom stereocenters. The van der Waals surface area contributed by atoms with Gasteiger partial charge in [0.2, 0.25) is 0 Å². The zero-order valence-electron chi connectivity index (χ0n) is 11.5. The second-order valence-corrected chi connectivity index (χ2v) is 6.28. The van der Waals surface area contributed by atoms with Crippen LogP contribution in [0.3, 0.4) is 0 Å². The Morgan fingerprint density at radius 2 is 2.15 bits per heavy atom. The van der Waals surface area contributed by atoms with Gasteiger partial charge in [-0.25, -0.2) is 4.39 Å². The maximum absolute atomic E-state index is 13.2. The average molecular weight is 275 g/mol. The van der Waals surface area contributed by atoms with Crippen LogP contribution in [0.5, 0.6) is 0 Å². The molecule has 4 rings (SSSR count). The summed E-state index contributed by atoms with van der Waals surface area (Å²) >= 11 is 0. The van der Waals surface area contributed by atoms with E-state index in [2.05, 4.69) is 11.8 Å². The number of aliphatic hydroxyl groups is 1. The molecule has 2 heterocycles. The zero-order chi connectivity index (χ0) is 13.9. The molecule has 0 amide bonds. The van der Waals surface area contributed by atoms with E-state index in [4.69, 9.17) is 4.42 Å². The molecule has 1 aliphatic heterocycles. The third kappa shape index (κ3) is 1.86. The minimum Gasteiger partial charge on any atom is -0.458 e. The molecule has 1 aromatic carbocycles. The molecule has 1 saturated carbocycles. The van der Waals surface area contributed by atoms with Crippen molar-refractivity contribution in [2.45, 2.75) is 43.9 Å². The normalized spacial score (nSPS) is 31.2. The number of rotatable bonds is 2. The van der Waals surface area contributed by atoms with Gasteiger partial charge in [0.1, 0.15) is 22.8 Å². The van der Waals surface area contributed by atoms with Gasteiger partial charge in [-0.2, -0.15) is 0 Å². The van der Waals surface area contributed by atoms with Crippen LogP contribution >= 0.6 is 0 Å². The fourth-order valence-corrected chi connectivity index (χ4v) is 3.45. The quantitative estimate of drug-likeness (QED) is 0.915. The van der Waals surface area contributed by atoms with Gasteiger partial charge in [-0.15, -0.1) is 0 Å². The molecular weight excluding hydrogens is 257 g/mol. The average Bonchev–Trinajstić information content (AvgIpc) is 3.06. The Morgan fingerprint density at radius 1 is 1.35 bits per heavy atom. The smallest absolute Gasteiger partial charge is 0.138 e. The molecule has 2 unspecified atom stereocenters. The monoisotopic (exact) mass is 275 g/mol. The lowest BCUT2D eigenvalue weighted by Crippen LogP contribution is -2.33. The first-order chi connectivity index (χ1) is 9.55. The summed E-state index contributed by atoms with van der Waals surface area (Å²) < 4.78 is 19.0. The SMILES string of the molecule is CC1CC(O)(c2cc3cc(F)ccc3o2)CN1C1CC1. The highest BCUT2D eigenvalue weighted by atomic mass is 19.1. The van der Waals surface area contributed by atoms with Crippen molar-refractivity contribution < 1.29 is 13.9 Å². The van der Waals surface area contributed by atoms with Crippen molar-refractivity contribution in [3.05, 3.63) is 35.8 Å². The number of fused-ring (bicyclic) bond motifs is 1. The molecule has 0 radical (unpaired) electrons. The van der Waals surface area contributed by atoms with Gasteiger partial charge in [0.15, 0.2) is 0 Å². The Hall–Kier alpha value is -1.39. The van der Waals surface area contributed by atoms with Crippen LogP contribution in [0, 0.1) is 5.82 Å². The van der Waals surface area contributed by atoms with Crippen LogP contribution in [0.4, 0.5) is 4.39 Å². The molecule has 1 N–H and O–H groups in total. The first kappa shape index (κ1) is 12.4. The fraction of sp³-hybridized carbons (Fsp3) is 0.500. The highest BCUT2D eigenvalue weighted by Crippen LogP contribution is 2.43. The van der Waals surface area contributed by atoms with E-state index in [0.29, 0.717) is 41.8 Å². The number of likely N-dealkylation sites (tertiary alicyclic amines) is 1. The molecule has 1 aliphatic carbocycles. The van der Waals surface area contributed by atoms with Crippen molar-refractivity contribution in [3.8, 4) is 0 Å². The Bertz CT molecular complexity index is 664. The highest BCUT2D eigenvalue weighted by Gasteiger charge is 2.48. The molecule has 2 aromatic rings. The number of halogens is 1. The minimum atomic E-state index is -0.947. The van der Waals surface area contributed by atoms with Crippen LogP contribution in [0.2, 0.25) is 0 Å². The van der Waals surface area contributed by atoms with Crippen molar-refractivity contribution in [2.24, 2.45) is 0 Å². The van der Waals surface area contributed by atoms with Gasteiger partial charge in [-0.05, 0) is 50.5 Å². The van der Waals surface area contributed by atoms with Crippen LogP contribution in [0.15, 0.2) is 28.7 Å². The zero-order valence-corrected chi connectivity index (χ0v) is 11.5.